The van der Waals surface area contributed by atoms with E-state index in [1.807, 2.05) is 17.0 Å². The van der Waals surface area contributed by atoms with E-state index in [1.165, 1.54) is 12.1 Å². The summed E-state index contributed by atoms with van der Waals surface area (Å²) in [6.07, 6.45) is 0.990. The zero-order valence-electron chi connectivity index (χ0n) is 13.4. The molecule has 6 nitrogen and oxygen atoms in total. The number of nitrogens with two attached hydrogens (primary N) is 1. The molecule has 3 N–H and O–H groups in total. The fourth-order valence-electron chi connectivity index (χ4n) is 2.63. The molecule has 0 unspecified atom stereocenters. The molecule has 1 heterocycles. The third-order valence-corrected chi connectivity index (χ3v) is 3.78. The van der Waals surface area contributed by atoms with Crippen LogP contribution in [0.2, 0.25) is 0 Å². The second-order valence-corrected chi connectivity index (χ2v) is 5.62. The summed E-state index contributed by atoms with van der Waals surface area (Å²) in [5, 5.41) is 9.05. The number of fused-ring (bicyclic) bond motifs is 1. The van der Waals surface area contributed by atoms with Crippen molar-refractivity contribution in [2.45, 2.75) is 19.9 Å². The molecule has 0 saturated carbocycles. The first-order valence-corrected chi connectivity index (χ1v) is 7.80. The molecule has 1 aliphatic heterocycles. The predicted molar refractivity (Wildman–Crippen MR) is 91.9 cm³/mol. The second-order valence-electron chi connectivity index (χ2n) is 5.62. The highest BCUT2D eigenvalue weighted by atomic mass is 16.5. The Morgan fingerprint density at radius 2 is 2.08 bits per heavy atom. The lowest BCUT2D eigenvalue weighted by molar-refractivity contribution is 0.0696. The summed E-state index contributed by atoms with van der Waals surface area (Å²) >= 11 is 0. The standard InChI is InChI=1S/C18H19N3O3/c1-2-8-21-11-13-10-15(6-7-16(13)20-18(21)19)24-14-5-3-4-12(9-14)17(22)23/h3-7,9-10H,2,8,11H2,1H3,(H2,19,20)(H,22,23). The highest BCUT2D eigenvalue weighted by molar-refractivity contribution is 5.88. The number of carboxylic acids is 1. The zero-order chi connectivity index (χ0) is 17.1. The molecule has 3 rings (SSSR count). The SMILES string of the molecule is CCCN1Cc2cc(Oc3cccc(C(=O)O)c3)ccc2N=C1N. The molecule has 0 saturated heterocycles. The lowest BCUT2D eigenvalue weighted by Crippen LogP contribution is -2.39. The van der Waals surface area contributed by atoms with Gasteiger partial charge in [0, 0.05) is 18.7 Å². The predicted octanol–water partition coefficient (Wildman–Crippen LogP) is 3.35. The van der Waals surface area contributed by atoms with Crippen LogP contribution in [0.15, 0.2) is 47.5 Å². The van der Waals surface area contributed by atoms with Gasteiger partial charge in [0.25, 0.3) is 0 Å². The van der Waals surface area contributed by atoms with E-state index in [2.05, 4.69) is 11.9 Å². The number of rotatable bonds is 5. The molecule has 0 spiro atoms. The summed E-state index contributed by atoms with van der Waals surface area (Å²) in [4.78, 5) is 17.5. The molecule has 0 atom stereocenters. The number of aliphatic imine (C=N–C) groups is 1. The van der Waals surface area contributed by atoms with Gasteiger partial charge in [0.15, 0.2) is 5.96 Å². The van der Waals surface area contributed by atoms with Crippen molar-refractivity contribution in [3.05, 3.63) is 53.6 Å². The molecule has 2 aromatic rings. The molecular formula is C18H19N3O3. The van der Waals surface area contributed by atoms with E-state index in [4.69, 9.17) is 15.6 Å². The number of hydrogen-bond donors (Lipinski definition) is 2. The Bertz CT molecular complexity index is 802. The topological polar surface area (TPSA) is 88.1 Å². The molecule has 0 fully saturated rings. The van der Waals surface area contributed by atoms with Crippen LogP contribution in [0.3, 0.4) is 0 Å². The molecule has 0 aromatic heterocycles. The number of nitrogens with zero attached hydrogens (tertiary/aromatic N) is 2. The van der Waals surface area contributed by atoms with E-state index in [-0.39, 0.29) is 5.56 Å². The fraction of sp³-hybridized carbons (Fsp3) is 0.222. The van der Waals surface area contributed by atoms with Gasteiger partial charge in [-0.25, -0.2) is 9.79 Å². The van der Waals surface area contributed by atoms with Gasteiger partial charge in [-0.05, 0) is 42.8 Å². The van der Waals surface area contributed by atoms with E-state index in [9.17, 15) is 4.79 Å². The van der Waals surface area contributed by atoms with Crippen molar-refractivity contribution in [3.8, 4) is 11.5 Å². The van der Waals surface area contributed by atoms with Crippen LogP contribution in [0, 0.1) is 0 Å². The van der Waals surface area contributed by atoms with Gasteiger partial charge < -0.3 is 20.5 Å². The molecule has 0 bridgehead atoms. The first-order chi connectivity index (χ1) is 11.6. The Morgan fingerprint density at radius 3 is 2.83 bits per heavy atom. The third-order valence-electron chi connectivity index (χ3n) is 3.78. The van der Waals surface area contributed by atoms with Crippen LogP contribution in [0.1, 0.15) is 29.3 Å². The maximum atomic E-state index is 11.0. The van der Waals surface area contributed by atoms with Crippen LogP contribution >= 0.6 is 0 Å². The van der Waals surface area contributed by atoms with Gasteiger partial charge >= 0.3 is 5.97 Å². The Hall–Kier alpha value is -3.02. The van der Waals surface area contributed by atoms with E-state index in [0.29, 0.717) is 24.0 Å². The Labute approximate surface area is 140 Å². The smallest absolute Gasteiger partial charge is 0.335 e. The van der Waals surface area contributed by atoms with Crippen LogP contribution in [0.25, 0.3) is 0 Å². The Balaban J connectivity index is 1.83. The first-order valence-electron chi connectivity index (χ1n) is 7.80. The number of ether oxygens (including phenoxy) is 1. The molecule has 0 amide bonds. The number of hydrogen-bond acceptors (Lipinski definition) is 5. The fourth-order valence-corrected chi connectivity index (χ4v) is 2.63. The Morgan fingerprint density at radius 1 is 1.29 bits per heavy atom. The van der Waals surface area contributed by atoms with Gasteiger partial charge in [-0.15, -0.1) is 0 Å². The second kappa shape index (κ2) is 6.62. The van der Waals surface area contributed by atoms with Crippen LogP contribution in [0.5, 0.6) is 11.5 Å². The van der Waals surface area contributed by atoms with Crippen molar-refractivity contribution in [3.63, 3.8) is 0 Å². The largest absolute Gasteiger partial charge is 0.478 e. The molecule has 124 valence electrons. The average molecular weight is 325 g/mol. The van der Waals surface area contributed by atoms with Gasteiger partial charge in [0.05, 0.1) is 11.3 Å². The van der Waals surface area contributed by atoms with Crippen molar-refractivity contribution in [2.24, 2.45) is 10.7 Å². The van der Waals surface area contributed by atoms with Gasteiger partial charge in [0.1, 0.15) is 11.5 Å². The highest BCUT2D eigenvalue weighted by Crippen LogP contribution is 2.31. The minimum absolute atomic E-state index is 0.192. The van der Waals surface area contributed by atoms with Gasteiger partial charge in [0.2, 0.25) is 0 Å². The lowest BCUT2D eigenvalue weighted by atomic mass is 10.1. The summed E-state index contributed by atoms with van der Waals surface area (Å²) in [5.74, 6) is 0.681. The van der Waals surface area contributed by atoms with Gasteiger partial charge in [-0.1, -0.05) is 13.0 Å². The molecule has 2 aromatic carbocycles. The minimum Gasteiger partial charge on any atom is -0.478 e. The number of benzene rings is 2. The zero-order valence-corrected chi connectivity index (χ0v) is 13.4. The van der Waals surface area contributed by atoms with Gasteiger partial charge in [-0.3, -0.25) is 0 Å². The van der Waals surface area contributed by atoms with Crippen molar-refractivity contribution < 1.29 is 14.6 Å². The summed E-state index contributed by atoms with van der Waals surface area (Å²) in [7, 11) is 0. The quantitative estimate of drug-likeness (QED) is 0.880. The maximum absolute atomic E-state index is 11.0. The molecule has 24 heavy (non-hydrogen) atoms. The maximum Gasteiger partial charge on any atom is 0.335 e. The van der Waals surface area contributed by atoms with E-state index in [0.717, 1.165) is 24.2 Å². The van der Waals surface area contributed by atoms with Crippen molar-refractivity contribution in [2.75, 3.05) is 6.54 Å². The number of carboxylic acid groups (broad SMARTS) is 1. The molecule has 0 radical (unpaired) electrons. The van der Waals surface area contributed by atoms with Crippen molar-refractivity contribution in [1.29, 1.82) is 0 Å². The summed E-state index contributed by atoms with van der Waals surface area (Å²) in [6, 6.07) is 12.0. The normalized spacial score (nSPS) is 13.2. The van der Waals surface area contributed by atoms with E-state index < -0.39 is 5.97 Å². The summed E-state index contributed by atoms with van der Waals surface area (Å²) < 4.78 is 5.80. The minimum atomic E-state index is -0.981. The summed E-state index contributed by atoms with van der Waals surface area (Å²) in [6.45, 7) is 3.63. The molecule has 0 aliphatic carbocycles. The van der Waals surface area contributed by atoms with Crippen LogP contribution in [0.4, 0.5) is 5.69 Å². The first kappa shape index (κ1) is 15.9. The van der Waals surface area contributed by atoms with E-state index in [1.54, 1.807) is 18.2 Å². The van der Waals surface area contributed by atoms with Crippen LogP contribution < -0.4 is 10.5 Å². The molecule has 1 aliphatic rings. The number of aromatic carboxylic acids is 1. The highest BCUT2D eigenvalue weighted by Gasteiger charge is 2.17. The molecule has 6 heteroatoms. The van der Waals surface area contributed by atoms with E-state index >= 15 is 0 Å². The lowest BCUT2D eigenvalue weighted by Gasteiger charge is -2.28. The van der Waals surface area contributed by atoms with Crippen LogP contribution in [-0.4, -0.2) is 28.5 Å². The van der Waals surface area contributed by atoms with Crippen LogP contribution in [-0.2, 0) is 6.54 Å². The third kappa shape index (κ3) is 3.32. The van der Waals surface area contributed by atoms with Gasteiger partial charge in [-0.2, -0.15) is 0 Å². The Kier molecular flexibility index (Phi) is 4.37. The number of carbonyl (C=O) groups is 1. The van der Waals surface area contributed by atoms with Crippen molar-refractivity contribution in [1.82, 2.24) is 4.90 Å². The number of guanidine groups is 1. The molecular weight excluding hydrogens is 306 g/mol. The average Bonchev–Trinajstić information content (AvgIpc) is 2.56. The summed E-state index contributed by atoms with van der Waals surface area (Å²) in [5.41, 5.74) is 8.04. The van der Waals surface area contributed by atoms with Crippen molar-refractivity contribution >= 4 is 17.6 Å². The monoisotopic (exact) mass is 325 g/mol.